The molecule has 0 radical (unpaired) electrons. The standard InChI is InChI=1S/C15H18BrFN4/c1-8-5-10(17)9(16)6-11(8)19-13-7-12(18)20-14(21-13)15(2,3)4/h5-7H,1-4H3,(H3,18,19,20,21). The monoisotopic (exact) mass is 352 g/mol. The first-order valence-corrected chi connectivity index (χ1v) is 7.34. The summed E-state index contributed by atoms with van der Waals surface area (Å²) in [5, 5.41) is 3.17. The van der Waals surface area contributed by atoms with Crippen molar-refractivity contribution in [3.8, 4) is 0 Å². The van der Waals surface area contributed by atoms with Crippen LogP contribution in [0.25, 0.3) is 0 Å². The van der Waals surface area contributed by atoms with E-state index in [9.17, 15) is 4.39 Å². The number of nitrogens with zero attached hydrogens (tertiary/aromatic N) is 2. The summed E-state index contributed by atoms with van der Waals surface area (Å²) >= 11 is 3.18. The summed E-state index contributed by atoms with van der Waals surface area (Å²) in [5.41, 5.74) is 7.18. The van der Waals surface area contributed by atoms with Crippen LogP contribution in [0.3, 0.4) is 0 Å². The molecule has 6 heteroatoms. The lowest BCUT2D eigenvalue weighted by Gasteiger charge is -2.18. The number of nitrogens with one attached hydrogen (secondary N) is 1. The minimum absolute atomic E-state index is 0.204. The number of hydrogen-bond acceptors (Lipinski definition) is 4. The van der Waals surface area contributed by atoms with Gasteiger partial charge in [-0.05, 0) is 40.5 Å². The van der Waals surface area contributed by atoms with Gasteiger partial charge in [0, 0.05) is 17.2 Å². The highest BCUT2D eigenvalue weighted by Crippen LogP contribution is 2.28. The molecular formula is C15H18BrFN4. The van der Waals surface area contributed by atoms with E-state index in [1.807, 2.05) is 27.7 Å². The fourth-order valence-electron chi connectivity index (χ4n) is 1.78. The smallest absolute Gasteiger partial charge is 0.138 e. The Balaban J connectivity index is 2.40. The molecule has 0 spiro atoms. The minimum Gasteiger partial charge on any atom is -0.384 e. The molecule has 21 heavy (non-hydrogen) atoms. The van der Waals surface area contributed by atoms with Crippen molar-refractivity contribution < 1.29 is 4.39 Å². The van der Waals surface area contributed by atoms with E-state index in [0.717, 1.165) is 11.3 Å². The minimum atomic E-state index is -0.296. The zero-order chi connectivity index (χ0) is 15.8. The average Bonchev–Trinajstić information content (AvgIpc) is 2.34. The second-order valence-corrected chi connectivity index (χ2v) is 6.81. The van der Waals surface area contributed by atoms with E-state index in [1.54, 1.807) is 12.1 Å². The maximum Gasteiger partial charge on any atom is 0.138 e. The first-order valence-electron chi connectivity index (χ1n) is 6.54. The summed E-state index contributed by atoms with van der Waals surface area (Å²) < 4.78 is 13.9. The summed E-state index contributed by atoms with van der Waals surface area (Å²) in [6, 6.07) is 4.80. The predicted molar refractivity (Wildman–Crippen MR) is 87.3 cm³/mol. The van der Waals surface area contributed by atoms with E-state index < -0.39 is 0 Å². The van der Waals surface area contributed by atoms with Crippen molar-refractivity contribution in [1.82, 2.24) is 9.97 Å². The van der Waals surface area contributed by atoms with Gasteiger partial charge in [-0.3, -0.25) is 0 Å². The number of nitrogens with two attached hydrogens (primary N) is 1. The molecule has 0 amide bonds. The predicted octanol–water partition coefficient (Wildman–Crippen LogP) is 4.31. The Morgan fingerprint density at radius 1 is 1.19 bits per heavy atom. The highest BCUT2D eigenvalue weighted by atomic mass is 79.9. The van der Waals surface area contributed by atoms with Gasteiger partial charge in [-0.25, -0.2) is 14.4 Å². The molecule has 0 atom stereocenters. The fourth-order valence-corrected chi connectivity index (χ4v) is 2.13. The zero-order valence-corrected chi connectivity index (χ0v) is 14.0. The Kier molecular flexibility index (Phi) is 4.18. The molecule has 0 fully saturated rings. The summed E-state index contributed by atoms with van der Waals surface area (Å²) in [4.78, 5) is 8.74. The second-order valence-electron chi connectivity index (χ2n) is 5.96. The third-order valence-corrected chi connectivity index (χ3v) is 3.55. The number of benzene rings is 1. The molecule has 1 aromatic heterocycles. The number of hydrogen-bond donors (Lipinski definition) is 2. The van der Waals surface area contributed by atoms with E-state index in [4.69, 9.17) is 5.73 Å². The van der Waals surface area contributed by atoms with Gasteiger partial charge in [-0.2, -0.15) is 0 Å². The van der Waals surface area contributed by atoms with Gasteiger partial charge < -0.3 is 11.1 Å². The molecule has 0 saturated heterocycles. The quantitative estimate of drug-likeness (QED) is 0.845. The summed E-state index contributed by atoms with van der Waals surface area (Å²) in [6.45, 7) is 7.88. The lowest BCUT2D eigenvalue weighted by Crippen LogP contribution is -2.17. The number of anilines is 3. The van der Waals surface area contributed by atoms with Gasteiger partial charge in [-0.15, -0.1) is 0 Å². The van der Waals surface area contributed by atoms with Crippen LogP contribution >= 0.6 is 15.9 Å². The molecule has 4 nitrogen and oxygen atoms in total. The highest BCUT2D eigenvalue weighted by Gasteiger charge is 2.19. The number of nitrogen functional groups attached to an aromatic ring is 1. The van der Waals surface area contributed by atoms with Gasteiger partial charge in [0.2, 0.25) is 0 Å². The third kappa shape index (κ3) is 3.69. The van der Waals surface area contributed by atoms with Gasteiger partial charge in [-0.1, -0.05) is 20.8 Å². The number of aryl methyl sites for hydroxylation is 1. The molecule has 0 saturated carbocycles. The number of rotatable bonds is 2. The fraction of sp³-hybridized carbons (Fsp3) is 0.333. The van der Waals surface area contributed by atoms with E-state index in [1.165, 1.54) is 6.07 Å². The maximum absolute atomic E-state index is 13.5. The second kappa shape index (κ2) is 5.60. The van der Waals surface area contributed by atoms with E-state index in [2.05, 4.69) is 31.2 Å². The molecular weight excluding hydrogens is 335 g/mol. The lowest BCUT2D eigenvalue weighted by molar-refractivity contribution is 0.547. The van der Waals surface area contributed by atoms with Crippen LogP contribution in [0.1, 0.15) is 32.2 Å². The summed E-state index contributed by atoms with van der Waals surface area (Å²) in [6.07, 6.45) is 0. The molecule has 0 bridgehead atoms. The van der Waals surface area contributed by atoms with Gasteiger partial charge in [0.15, 0.2) is 0 Å². The molecule has 2 aromatic rings. The van der Waals surface area contributed by atoms with Gasteiger partial charge in [0.25, 0.3) is 0 Å². The van der Waals surface area contributed by atoms with Crippen LogP contribution in [-0.4, -0.2) is 9.97 Å². The molecule has 0 aliphatic rings. The molecule has 0 aliphatic heterocycles. The van der Waals surface area contributed by atoms with Crippen LogP contribution in [0.2, 0.25) is 0 Å². The van der Waals surface area contributed by atoms with Crippen molar-refractivity contribution in [2.24, 2.45) is 0 Å². The lowest BCUT2D eigenvalue weighted by atomic mass is 9.96. The van der Waals surface area contributed by atoms with Crippen molar-refractivity contribution >= 4 is 33.3 Å². The first kappa shape index (κ1) is 15.7. The Hall–Kier alpha value is -1.69. The van der Waals surface area contributed by atoms with Crippen molar-refractivity contribution in [3.63, 3.8) is 0 Å². The number of halogens is 2. The van der Waals surface area contributed by atoms with Gasteiger partial charge >= 0.3 is 0 Å². The van der Waals surface area contributed by atoms with Crippen LogP contribution in [-0.2, 0) is 5.41 Å². The Morgan fingerprint density at radius 3 is 2.48 bits per heavy atom. The third-order valence-electron chi connectivity index (χ3n) is 2.95. The first-order chi connectivity index (χ1) is 9.66. The maximum atomic E-state index is 13.5. The van der Waals surface area contributed by atoms with Crippen LogP contribution in [0.5, 0.6) is 0 Å². The zero-order valence-electron chi connectivity index (χ0n) is 12.5. The van der Waals surface area contributed by atoms with Crippen LogP contribution < -0.4 is 11.1 Å². The van der Waals surface area contributed by atoms with Gasteiger partial charge in [0.1, 0.15) is 23.3 Å². The van der Waals surface area contributed by atoms with Crippen molar-refractivity contribution in [3.05, 3.63) is 39.9 Å². The summed E-state index contributed by atoms with van der Waals surface area (Å²) in [5.74, 6) is 1.35. The van der Waals surface area contributed by atoms with Crippen molar-refractivity contribution in [1.29, 1.82) is 0 Å². The molecule has 0 aliphatic carbocycles. The SMILES string of the molecule is Cc1cc(F)c(Br)cc1Nc1cc(N)nc(C(C)(C)C)n1. The van der Waals surface area contributed by atoms with Crippen LogP contribution in [0.15, 0.2) is 22.7 Å². The van der Waals surface area contributed by atoms with Crippen molar-refractivity contribution in [2.45, 2.75) is 33.1 Å². The largest absolute Gasteiger partial charge is 0.384 e. The topological polar surface area (TPSA) is 63.8 Å². The Labute approximate surface area is 132 Å². The molecule has 1 heterocycles. The molecule has 0 unspecified atom stereocenters. The van der Waals surface area contributed by atoms with Crippen LogP contribution in [0.4, 0.5) is 21.7 Å². The van der Waals surface area contributed by atoms with E-state index in [0.29, 0.717) is 21.9 Å². The molecule has 2 rings (SSSR count). The molecule has 3 N–H and O–H groups in total. The van der Waals surface area contributed by atoms with Crippen LogP contribution in [0, 0.1) is 12.7 Å². The van der Waals surface area contributed by atoms with E-state index >= 15 is 0 Å². The molecule has 1 aromatic carbocycles. The molecule has 112 valence electrons. The van der Waals surface area contributed by atoms with Gasteiger partial charge in [0.05, 0.1) is 4.47 Å². The normalized spacial score (nSPS) is 11.5. The Bertz CT molecular complexity index is 680. The average molecular weight is 353 g/mol. The Morgan fingerprint density at radius 2 is 1.86 bits per heavy atom. The van der Waals surface area contributed by atoms with Crippen molar-refractivity contribution in [2.75, 3.05) is 11.1 Å². The highest BCUT2D eigenvalue weighted by molar-refractivity contribution is 9.10. The van der Waals surface area contributed by atoms with E-state index in [-0.39, 0.29) is 11.2 Å². The summed E-state index contributed by atoms with van der Waals surface area (Å²) in [7, 11) is 0. The number of aromatic nitrogens is 2.